The quantitative estimate of drug-likeness (QED) is 0.839. The Labute approximate surface area is 123 Å². The molecule has 0 saturated carbocycles. The lowest BCUT2D eigenvalue weighted by Crippen LogP contribution is -2.17. The van der Waals surface area contributed by atoms with Gasteiger partial charge in [0.15, 0.2) is 0 Å². The molecule has 1 heterocycles. The van der Waals surface area contributed by atoms with Crippen molar-refractivity contribution in [3.05, 3.63) is 52.3 Å². The first kappa shape index (κ1) is 13.6. The third kappa shape index (κ3) is 3.33. The van der Waals surface area contributed by atoms with Crippen LogP contribution in [0, 0.1) is 0 Å². The van der Waals surface area contributed by atoms with E-state index in [0.29, 0.717) is 16.8 Å². The van der Waals surface area contributed by atoms with Crippen LogP contribution in [-0.2, 0) is 0 Å². The van der Waals surface area contributed by atoms with E-state index < -0.39 is 0 Å². The molecule has 19 heavy (non-hydrogen) atoms. The third-order valence-electron chi connectivity index (χ3n) is 2.34. The summed E-state index contributed by atoms with van der Waals surface area (Å²) in [6.07, 6.45) is 2.83. The molecule has 0 radical (unpaired) electrons. The first-order valence-electron chi connectivity index (χ1n) is 5.25. The summed E-state index contributed by atoms with van der Waals surface area (Å²) in [4.78, 5) is 12.2. The molecule has 1 aromatic carbocycles. The average Bonchev–Trinajstić information content (AvgIpc) is 2.39. The monoisotopic (exact) mass is 336 g/mol. The number of benzene rings is 1. The normalized spacial score (nSPS) is 9.95. The topological polar surface area (TPSA) is 80.9 Å². The summed E-state index contributed by atoms with van der Waals surface area (Å²) in [7, 11) is 0. The van der Waals surface area contributed by atoms with Crippen molar-refractivity contribution in [2.24, 2.45) is 5.73 Å². The fourth-order valence-electron chi connectivity index (χ4n) is 1.45. The molecule has 0 aliphatic heterocycles. The van der Waals surface area contributed by atoms with Gasteiger partial charge in [0.1, 0.15) is 4.99 Å². The van der Waals surface area contributed by atoms with Gasteiger partial charge in [-0.2, -0.15) is 10.2 Å². The largest absolute Gasteiger partial charge is 0.389 e. The van der Waals surface area contributed by atoms with Crippen LogP contribution >= 0.6 is 28.1 Å². The van der Waals surface area contributed by atoms with Crippen LogP contribution in [0.3, 0.4) is 0 Å². The minimum absolute atomic E-state index is 0.218. The molecule has 0 saturated heterocycles. The maximum absolute atomic E-state index is 12.0. The van der Waals surface area contributed by atoms with E-state index in [9.17, 15) is 4.79 Å². The van der Waals surface area contributed by atoms with Crippen molar-refractivity contribution in [2.45, 2.75) is 0 Å². The molecule has 2 aromatic rings. The van der Waals surface area contributed by atoms with Gasteiger partial charge in [-0.25, -0.2) is 0 Å². The van der Waals surface area contributed by atoms with Gasteiger partial charge in [0.25, 0.3) is 5.91 Å². The number of halogens is 1. The van der Waals surface area contributed by atoms with Crippen LogP contribution in [0.25, 0.3) is 0 Å². The first-order valence-corrected chi connectivity index (χ1v) is 6.45. The van der Waals surface area contributed by atoms with E-state index in [0.717, 1.165) is 4.47 Å². The predicted octanol–water partition coefficient (Wildman–Crippen LogP) is 2.13. The second kappa shape index (κ2) is 5.85. The van der Waals surface area contributed by atoms with E-state index in [1.807, 2.05) is 0 Å². The SMILES string of the molecule is NC(=S)c1ccc(Br)cc1NC(=O)c1ccnnc1. The number of carbonyl (C=O) groups excluding carboxylic acids is 1. The summed E-state index contributed by atoms with van der Waals surface area (Å²) < 4.78 is 0.815. The highest BCUT2D eigenvalue weighted by molar-refractivity contribution is 9.10. The minimum Gasteiger partial charge on any atom is -0.389 e. The van der Waals surface area contributed by atoms with Crippen LogP contribution in [0.5, 0.6) is 0 Å². The van der Waals surface area contributed by atoms with E-state index >= 15 is 0 Å². The Morgan fingerprint density at radius 2 is 2.11 bits per heavy atom. The number of amides is 1. The fraction of sp³-hybridized carbons (Fsp3) is 0. The molecule has 0 unspecified atom stereocenters. The molecular weight excluding hydrogens is 328 g/mol. The molecule has 7 heteroatoms. The highest BCUT2D eigenvalue weighted by Crippen LogP contribution is 2.22. The summed E-state index contributed by atoms with van der Waals surface area (Å²) in [5.74, 6) is -0.300. The Hall–Kier alpha value is -1.86. The van der Waals surface area contributed by atoms with Crippen molar-refractivity contribution in [1.82, 2.24) is 10.2 Å². The van der Waals surface area contributed by atoms with Crippen LogP contribution in [0.15, 0.2) is 41.1 Å². The molecule has 0 spiro atoms. The summed E-state index contributed by atoms with van der Waals surface area (Å²) in [6.45, 7) is 0. The number of nitrogens with two attached hydrogens (primary N) is 1. The predicted molar refractivity (Wildman–Crippen MR) is 80.0 cm³/mol. The van der Waals surface area contributed by atoms with Crippen molar-refractivity contribution in [2.75, 3.05) is 5.32 Å². The average molecular weight is 337 g/mol. The van der Waals surface area contributed by atoms with Gasteiger partial charge >= 0.3 is 0 Å². The van der Waals surface area contributed by atoms with Gasteiger partial charge in [0.05, 0.1) is 23.6 Å². The number of hydrogen-bond acceptors (Lipinski definition) is 4. The van der Waals surface area contributed by atoms with Crippen molar-refractivity contribution in [3.63, 3.8) is 0 Å². The zero-order valence-corrected chi connectivity index (χ0v) is 12.0. The molecule has 96 valence electrons. The first-order chi connectivity index (χ1) is 9.08. The fourth-order valence-corrected chi connectivity index (χ4v) is 1.99. The Bertz CT molecular complexity index is 633. The molecule has 0 atom stereocenters. The highest BCUT2D eigenvalue weighted by Gasteiger charge is 2.11. The van der Waals surface area contributed by atoms with E-state index in [1.165, 1.54) is 12.4 Å². The molecule has 1 amide bonds. The second-order valence-corrected chi connectivity index (χ2v) is 4.99. The molecule has 3 N–H and O–H groups in total. The molecule has 1 aromatic heterocycles. The third-order valence-corrected chi connectivity index (χ3v) is 3.05. The number of thiocarbonyl (C=S) groups is 1. The Kier molecular flexibility index (Phi) is 4.18. The van der Waals surface area contributed by atoms with E-state index in [-0.39, 0.29) is 10.9 Å². The molecular formula is C12H9BrN4OS. The lowest BCUT2D eigenvalue weighted by atomic mass is 10.1. The smallest absolute Gasteiger partial charge is 0.257 e. The van der Waals surface area contributed by atoms with Crippen LogP contribution in [0.4, 0.5) is 5.69 Å². The zero-order chi connectivity index (χ0) is 13.8. The zero-order valence-electron chi connectivity index (χ0n) is 9.63. The number of hydrogen-bond donors (Lipinski definition) is 2. The lowest BCUT2D eigenvalue weighted by Gasteiger charge is -2.10. The standard InChI is InChI=1S/C12H9BrN4OS/c13-8-1-2-9(11(14)19)10(5-8)17-12(18)7-3-4-15-16-6-7/h1-6H,(H2,14,19)(H,17,18). The van der Waals surface area contributed by atoms with E-state index in [4.69, 9.17) is 18.0 Å². The molecule has 5 nitrogen and oxygen atoms in total. The van der Waals surface area contributed by atoms with Gasteiger partial charge in [0, 0.05) is 10.0 Å². The van der Waals surface area contributed by atoms with Crippen molar-refractivity contribution in [1.29, 1.82) is 0 Å². The van der Waals surface area contributed by atoms with Crippen LogP contribution < -0.4 is 11.1 Å². The Balaban J connectivity index is 2.31. The van der Waals surface area contributed by atoms with Crippen LogP contribution in [0.1, 0.15) is 15.9 Å². The maximum Gasteiger partial charge on any atom is 0.257 e. The van der Waals surface area contributed by atoms with Crippen molar-refractivity contribution < 1.29 is 4.79 Å². The maximum atomic E-state index is 12.0. The molecule has 0 aliphatic rings. The molecule has 0 aliphatic carbocycles. The number of carbonyl (C=O) groups is 1. The number of anilines is 1. The van der Waals surface area contributed by atoms with Gasteiger partial charge in [-0.3, -0.25) is 4.79 Å². The summed E-state index contributed by atoms with van der Waals surface area (Å²) in [5, 5.41) is 10.0. The Morgan fingerprint density at radius 1 is 1.32 bits per heavy atom. The Morgan fingerprint density at radius 3 is 2.74 bits per heavy atom. The summed E-state index contributed by atoms with van der Waals surface area (Å²) in [5.41, 5.74) is 7.18. The van der Waals surface area contributed by atoms with Crippen molar-refractivity contribution in [3.8, 4) is 0 Å². The summed E-state index contributed by atoms with van der Waals surface area (Å²) in [6, 6.07) is 6.85. The molecule has 2 rings (SSSR count). The van der Waals surface area contributed by atoms with Crippen molar-refractivity contribution >= 4 is 44.7 Å². The van der Waals surface area contributed by atoms with E-state index in [2.05, 4.69) is 31.4 Å². The summed E-state index contributed by atoms with van der Waals surface area (Å²) >= 11 is 8.29. The van der Waals surface area contributed by atoms with Gasteiger partial charge in [-0.15, -0.1) is 0 Å². The van der Waals surface area contributed by atoms with E-state index in [1.54, 1.807) is 24.3 Å². The molecule has 0 fully saturated rings. The minimum atomic E-state index is -0.300. The number of nitrogens with zero attached hydrogens (tertiary/aromatic N) is 2. The van der Waals surface area contributed by atoms with Crippen LogP contribution in [-0.4, -0.2) is 21.1 Å². The van der Waals surface area contributed by atoms with Gasteiger partial charge in [-0.05, 0) is 24.3 Å². The number of nitrogens with one attached hydrogen (secondary N) is 1. The number of rotatable bonds is 3. The van der Waals surface area contributed by atoms with Crippen LogP contribution in [0.2, 0.25) is 0 Å². The second-order valence-electron chi connectivity index (χ2n) is 3.64. The van der Waals surface area contributed by atoms with Gasteiger partial charge in [-0.1, -0.05) is 28.1 Å². The number of aromatic nitrogens is 2. The highest BCUT2D eigenvalue weighted by atomic mass is 79.9. The lowest BCUT2D eigenvalue weighted by molar-refractivity contribution is 0.102. The molecule has 0 bridgehead atoms. The van der Waals surface area contributed by atoms with Gasteiger partial charge in [0.2, 0.25) is 0 Å². The van der Waals surface area contributed by atoms with Gasteiger partial charge < -0.3 is 11.1 Å².